The molecule has 1 aromatic carbocycles. The van der Waals surface area contributed by atoms with Crippen molar-refractivity contribution in [2.45, 2.75) is 51.4 Å². The number of nitrogens with zero attached hydrogens (tertiary/aromatic N) is 1. The second kappa shape index (κ2) is 3.77. The van der Waals surface area contributed by atoms with Crippen molar-refractivity contribution in [1.82, 2.24) is 0 Å². The Bertz CT molecular complexity index is 459. The number of benzene rings is 1. The van der Waals surface area contributed by atoms with Crippen molar-refractivity contribution in [3.63, 3.8) is 0 Å². The van der Waals surface area contributed by atoms with Crippen LogP contribution in [0.15, 0.2) is 24.3 Å². The molecule has 1 nitrogen and oxygen atoms in total. The van der Waals surface area contributed by atoms with Crippen LogP contribution >= 0.6 is 0 Å². The van der Waals surface area contributed by atoms with Crippen molar-refractivity contribution in [2.75, 3.05) is 18.0 Å². The molecule has 4 aliphatic rings. The zero-order chi connectivity index (χ0) is 13.1. The highest BCUT2D eigenvalue weighted by Crippen LogP contribution is 2.76. The first kappa shape index (κ1) is 11.8. The predicted octanol–water partition coefficient (Wildman–Crippen LogP) is 4.36. The van der Waals surface area contributed by atoms with Gasteiger partial charge in [0.1, 0.15) is 0 Å². The van der Waals surface area contributed by atoms with Gasteiger partial charge in [0.15, 0.2) is 0 Å². The van der Waals surface area contributed by atoms with Crippen molar-refractivity contribution < 1.29 is 0 Å². The van der Waals surface area contributed by atoms with Gasteiger partial charge in [-0.05, 0) is 66.5 Å². The molecule has 0 aromatic heterocycles. The van der Waals surface area contributed by atoms with Crippen LogP contribution in [0.3, 0.4) is 0 Å². The van der Waals surface area contributed by atoms with Gasteiger partial charge in [0.05, 0.1) is 0 Å². The quantitative estimate of drug-likeness (QED) is 0.775. The highest BCUT2D eigenvalue weighted by atomic mass is 15.1. The Morgan fingerprint density at radius 1 is 0.947 bits per heavy atom. The number of rotatable bonds is 3. The lowest BCUT2D eigenvalue weighted by molar-refractivity contribution is -0.172. The van der Waals surface area contributed by atoms with Crippen LogP contribution in [0, 0.1) is 11.3 Å². The lowest BCUT2D eigenvalue weighted by atomic mass is 9.31. The van der Waals surface area contributed by atoms with Crippen molar-refractivity contribution in [1.29, 1.82) is 0 Å². The van der Waals surface area contributed by atoms with E-state index in [4.69, 9.17) is 0 Å². The number of hydrogen-bond donors (Lipinski definition) is 0. The molecule has 1 aliphatic heterocycles. The van der Waals surface area contributed by atoms with Crippen LogP contribution in [0.25, 0.3) is 0 Å². The second-order valence-corrected chi connectivity index (χ2v) is 7.57. The molecule has 3 aliphatic carbocycles. The Labute approximate surface area is 117 Å². The Kier molecular flexibility index (Phi) is 2.35. The molecule has 1 saturated heterocycles. The highest BCUT2D eigenvalue weighted by molar-refractivity contribution is 5.51. The monoisotopic (exact) mass is 255 g/mol. The minimum absolute atomic E-state index is 0.577. The van der Waals surface area contributed by atoms with E-state index in [9.17, 15) is 0 Å². The van der Waals surface area contributed by atoms with Gasteiger partial charge in [-0.2, -0.15) is 0 Å². The first-order valence-electron chi connectivity index (χ1n) is 7.99. The molecule has 2 bridgehead atoms. The van der Waals surface area contributed by atoms with Gasteiger partial charge in [0.25, 0.3) is 0 Å². The Hall–Kier alpha value is -0.980. The standard InChI is InChI=1S/C18H25N/c1-14(2)17-11-18(12-17,13-17)15-5-7-16(8-6-15)19-9-3-4-10-19/h5-8,14H,3-4,9-13H2,1-2H3. The predicted molar refractivity (Wildman–Crippen MR) is 80.7 cm³/mol. The fourth-order valence-electron chi connectivity index (χ4n) is 4.79. The van der Waals surface area contributed by atoms with Crippen molar-refractivity contribution in [2.24, 2.45) is 11.3 Å². The molecule has 1 heterocycles. The first-order chi connectivity index (χ1) is 9.14. The molecule has 5 rings (SSSR count). The molecule has 0 radical (unpaired) electrons. The Morgan fingerprint density at radius 2 is 1.53 bits per heavy atom. The summed E-state index contributed by atoms with van der Waals surface area (Å²) in [5.74, 6) is 0.873. The summed E-state index contributed by atoms with van der Waals surface area (Å²) < 4.78 is 0. The molecule has 0 unspecified atom stereocenters. The lowest BCUT2D eigenvalue weighted by Gasteiger charge is -2.73. The molecule has 0 spiro atoms. The number of anilines is 1. The van der Waals surface area contributed by atoms with E-state index in [-0.39, 0.29) is 0 Å². The minimum atomic E-state index is 0.577. The number of hydrogen-bond acceptors (Lipinski definition) is 1. The van der Waals surface area contributed by atoms with Gasteiger partial charge in [-0.3, -0.25) is 0 Å². The molecule has 0 amide bonds. The SMILES string of the molecule is CC(C)C12CC(c3ccc(N4CCCC4)cc3)(C1)C2. The van der Waals surface area contributed by atoms with E-state index in [0.717, 1.165) is 5.92 Å². The summed E-state index contributed by atoms with van der Waals surface area (Å²) in [4.78, 5) is 2.53. The van der Waals surface area contributed by atoms with Crippen LogP contribution in [0.2, 0.25) is 0 Å². The van der Waals surface area contributed by atoms with Gasteiger partial charge >= 0.3 is 0 Å². The summed E-state index contributed by atoms with van der Waals surface area (Å²) in [5.41, 5.74) is 4.34. The van der Waals surface area contributed by atoms with Crippen LogP contribution in [-0.2, 0) is 5.41 Å². The fraction of sp³-hybridized carbons (Fsp3) is 0.667. The normalized spacial score (nSPS) is 36.3. The van der Waals surface area contributed by atoms with E-state index in [0.29, 0.717) is 10.8 Å². The zero-order valence-electron chi connectivity index (χ0n) is 12.3. The molecule has 0 atom stereocenters. The maximum absolute atomic E-state index is 2.53. The van der Waals surface area contributed by atoms with Gasteiger partial charge in [-0.15, -0.1) is 0 Å². The molecule has 1 heteroatoms. The zero-order valence-corrected chi connectivity index (χ0v) is 12.3. The van der Waals surface area contributed by atoms with E-state index >= 15 is 0 Å². The summed E-state index contributed by atoms with van der Waals surface area (Å²) in [6, 6.07) is 9.56. The summed E-state index contributed by atoms with van der Waals surface area (Å²) in [5, 5.41) is 0. The summed E-state index contributed by atoms with van der Waals surface area (Å²) in [6.45, 7) is 7.31. The maximum atomic E-state index is 2.53. The molecule has 102 valence electrons. The molecular weight excluding hydrogens is 230 g/mol. The lowest BCUT2D eigenvalue weighted by Crippen LogP contribution is -2.66. The van der Waals surface area contributed by atoms with Crippen molar-refractivity contribution in [3.8, 4) is 0 Å². The van der Waals surface area contributed by atoms with Crippen molar-refractivity contribution in [3.05, 3.63) is 29.8 Å². The average Bonchev–Trinajstić information content (AvgIpc) is 2.79. The largest absolute Gasteiger partial charge is 0.372 e. The van der Waals surface area contributed by atoms with E-state index in [2.05, 4.69) is 43.0 Å². The van der Waals surface area contributed by atoms with Crippen LogP contribution < -0.4 is 4.90 Å². The molecule has 19 heavy (non-hydrogen) atoms. The van der Waals surface area contributed by atoms with Gasteiger partial charge in [-0.1, -0.05) is 26.0 Å². The third-order valence-electron chi connectivity index (χ3n) is 6.25. The molecule has 1 aromatic rings. The van der Waals surface area contributed by atoms with E-state index in [1.807, 2.05) is 0 Å². The average molecular weight is 255 g/mol. The molecule has 0 N–H and O–H groups in total. The second-order valence-electron chi connectivity index (χ2n) is 7.57. The Balaban J connectivity index is 1.49. The van der Waals surface area contributed by atoms with Crippen LogP contribution in [0.4, 0.5) is 5.69 Å². The van der Waals surface area contributed by atoms with Crippen LogP contribution in [0.5, 0.6) is 0 Å². The smallest absolute Gasteiger partial charge is 0.0366 e. The Morgan fingerprint density at radius 3 is 2.05 bits per heavy atom. The third-order valence-corrected chi connectivity index (χ3v) is 6.25. The minimum Gasteiger partial charge on any atom is -0.372 e. The van der Waals surface area contributed by atoms with Gasteiger partial charge in [0.2, 0.25) is 0 Å². The summed E-state index contributed by atoms with van der Waals surface area (Å²) in [6.07, 6.45) is 7.06. The topological polar surface area (TPSA) is 3.24 Å². The van der Waals surface area contributed by atoms with Crippen LogP contribution in [0.1, 0.15) is 51.5 Å². The van der Waals surface area contributed by atoms with E-state index in [1.54, 1.807) is 5.56 Å². The first-order valence-corrected chi connectivity index (χ1v) is 7.99. The molecule has 3 saturated carbocycles. The highest BCUT2D eigenvalue weighted by Gasteiger charge is 2.68. The van der Waals surface area contributed by atoms with Crippen molar-refractivity contribution >= 4 is 5.69 Å². The van der Waals surface area contributed by atoms with Gasteiger partial charge in [-0.25, -0.2) is 0 Å². The van der Waals surface area contributed by atoms with E-state index < -0.39 is 0 Å². The summed E-state index contributed by atoms with van der Waals surface area (Å²) >= 11 is 0. The van der Waals surface area contributed by atoms with Gasteiger partial charge in [0, 0.05) is 18.8 Å². The fourth-order valence-corrected chi connectivity index (χ4v) is 4.79. The molecule has 4 fully saturated rings. The van der Waals surface area contributed by atoms with Crippen LogP contribution in [-0.4, -0.2) is 13.1 Å². The summed E-state index contributed by atoms with van der Waals surface area (Å²) in [7, 11) is 0. The third kappa shape index (κ3) is 1.53. The molecular formula is C18H25N. The van der Waals surface area contributed by atoms with Gasteiger partial charge < -0.3 is 4.90 Å². The maximum Gasteiger partial charge on any atom is 0.0366 e. The van der Waals surface area contributed by atoms with E-state index in [1.165, 1.54) is 50.9 Å².